The van der Waals surface area contributed by atoms with Crippen LogP contribution in [0.4, 0.5) is 0 Å². The summed E-state index contributed by atoms with van der Waals surface area (Å²) in [5, 5.41) is 0.489. The van der Waals surface area contributed by atoms with Crippen molar-refractivity contribution in [2.75, 3.05) is 26.9 Å². The topological polar surface area (TPSA) is 48.0 Å². The molecule has 0 spiro atoms. The van der Waals surface area contributed by atoms with E-state index in [2.05, 4.69) is 0 Å². The first-order valence-electron chi connectivity index (χ1n) is 9.17. The van der Waals surface area contributed by atoms with Gasteiger partial charge in [-0.3, -0.25) is 4.79 Å². The van der Waals surface area contributed by atoms with Crippen LogP contribution in [-0.4, -0.2) is 37.7 Å². The van der Waals surface area contributed by atoms with E-state index in [1.165, 1.54) is 0 Å². The number of ether oxygens (including phenoxy) is 3. The SMILES string of the molecule is COc1ccc(C2CCCN2C(=O)Cc2cc(Cl)c3c(c2)OCCO3)cc1. The third-order valence-corrected chi connectivity index (χ3v) is 5.37. The number of halogens is 1. The highest BCUT2D eigenvalue weighted by atomic mass is 35.5. The summed E-state index contributed by atoms with van der Waals surface area (Å²) in [6.07, 6.45) is 2.27. The van der Waals surface area contributed by atoms with Gasteiger partial charge in [-0.05, 0) is 48.2 Å². The third kappa shape index (κ3) is 3.69. The van der Waals surface area contributed by atoms with E-state index in [0.29, 0.717) is 36.2 Å². The maximum absolute atomic E-state index is 13.0. The van der Waals surface area contributed by atoms with Crippen LogP contribution in [-0.2, 0) is 11.2 Å². The van der Waals surface area contributed by atoms with Gasteiger partial charge in [0.15, 0.2) is 11.5 Å². The maximum atomic E-state index is 13.0. The first-order chi connectivity index (χ1) is 13.2. The molecule has 0 radical (unpaired) electrons. The molecule has 2 aromatic rings. The largest absolute Gasteiger partial charge is 0.497 e. The van der Waals surface area contributed by atoms with Gasteiger partial charge in [0.2, 0.25) is 5.91 Å². The highest BCUT2D eigenvalue weighted by molar-refractivity contribution is 6.32. The predicted molar refractivity (Wildman–Crippen MR) is 103 cm³/mol. The minimum atomic E-state index is 0.0982. The number of benzene rings is 2. The fraction of sp³-hybridized carbons (Fsp3) is 0.381. The summed E-state index contributed by atoms with van der Waals surface area (Å²) in [7, 11) is 1.65. The molecule has 2 aliphatic rings. The van der Waals surface area contributed by atoms with Crippen LogP contribution >= 0.6 is 11.6 Å². The fourth-order valence-electron chi connectivity index (χ4n) is 3.78. The minimum Gasteiger partial charge on any atom is -0.497 e. The molecule has 1 fully saturated rings. The van der Waals surface area contributed by atoms with Crippen molar-refractivity contribution in [2.24, 2.45) is 0 Å². The Kier molecular flexibility index (Phi) is 5.12. The number of likely N-dealkylation sites (tertiary alicyclic amines) is 1. The van der Waals surface area contributed by atoms with Crippen molar-refractivity contribution < 1.29 is 19.0 Å². The van der Waals surface area contributed by atoms with Crippen molar-refractivity contribution in [3.8, 4) is 17.2 Å². The van der Waals surface area contributed by atoms with Gasteiger partial charge in [0.1, 0.15) is 19.0 Å². The minimum absolute atomic E-state index is 0.0982. The smallest absolute Gasteiger partial charge is 0.227 e. The lowest BCUT2D eigenvalue weighted by Crippen LogP contribution is -2.31. The number of fused-ring (bicyclic) bond motifs is 1. The molecule has 2 heterocycles. The van der Waals surface area contributed by atoms with Crippen molar-refractivity contribution >= 4 is 17.5 Å². The van der Waals surface area contributed by atoms with Gasteiger partial charge < -0.3 is 19.1 Å². The molecule has 0 aromatic heterocycles. The summed E-state index contributed by atoms with van der Waals surface area (Å²) in [5.41, 5.74) is 1.98. The zero-order valence-electron chi connectivity index (χ0n) is 15.2. The normalized spacial score (nSPS) is 18.4. The van der Waals surface area contributed by atoms with Crippen LogP contribution in [0, 0.1) is 0 Å². The van der Waals surface area contributed by atoms with Gasteiger partial charge in [-0.15, -0.1) is 0 Å². The average molecular weight is 388 g/mol. The highest BCUT2D eigenvalue weighted by Gasteiger charge is 2.30. The monoisotopic (exact) mass is 387 g/mol. The van der Waals surface area contributed by atoms with Gasteiger partial charge in [0.05, 0.1) is 24.6 Å². The zero-order chi connectivity index (χ0) is 18.8. The molecule has 1 unspecified atom stereocenters. The molecule has 4 rings (SSSR count). The zero-order valence-corrected chi connectivity index (χ0v) is 16.0. The van der Waals surface area contributed by atoms with Crippen molar-refractivity contribution in [3.63, 3.8) is 0 Å². The van der Waals surface area contributed by atoms with E-state index in [-0.39, 0.29) is 11.9 Å². The van der Waals surface area contributed by atoms with Crippen molar-refractivity contribution in [1.29, 1.82) is 0 Å². The Hall–Kier alpha value is -2.40. The van der Waals surface area contributed by atoms with E-state index >= 15 is 0 Å². The average Bonchev–Trinajstić information content (AvgIpc) is 3.18. The Labute approximate surface area is 163 Å². The lowest BCUT2D eigenvalue weighted by atomic mass is 10.0. The lowest BCUT2D eigenvalue weighted by molar-refractivity contribution is -0.131. The summed E-state index contributed by atoms with van der Waals surface area (Å²) in [4.78, 5) is 15.0. The highest BCUT2D eigenvalue weighted by Crippen LogP contribution is 2.39. The molecule has 6 heteroatoms. The Morgan fingerprint density at radius 1 is 1.22 bits per heavy atom. The number of methoxy groups -OCH3 is 1. The Morgan fingerprint density at radius 2 is 2.00 bits per heavy atom. The Morgan fingerprint density at radius 3 is 2.78 bits per heavy atom. The van der Waals surface area contributed by atoms with Gasteiger partial charge in [0, 0.05) is 6.54 Å². The molecule has 0 saturated carbocycles. The second kappa shape index (κ2) is 7.69. The van der Waals surface area contributed by atoms with Crippen molar-refractivity contribution in [1.82, 2.24) is 4.90 Å². The van der Waals surface area contributed by atoms with Crippen LogP contribution < -0.4 is 14.2 Å². The number of hydrogen-bond acceptors (Lipinski definition) is 4. The van der Waals surface area contributed by atoms with E-state index < -0.39 is 0 Å². The van der Waals surface area contributed by atoms with Crippen LogP contribution in [0.15, 0.2) is 36.4 Å². The number of hydrogen-bond donors (Lipinski definition) is 0. The number of rotatable bonds is 4. The fourth-order valence-corrected chi connectivity index (χ4v) is 4.07. The predicted octanol–water partition coefficient (Wildman–Crippen LogP) is 4.03. The van der Waals surface area contributed by atoms with Gasteiger partial charge in [-0.2, -0.15) is 0 Å². The van der Waals surface area contributed by atoms with Gasteiger partial charge >= 0.3 is 0 Å². The molecule has 0 aliphatic carbocycles. The Balaban J connectivity index is 1.51. The second-order valence-corrected chi connectivity index (χ2v) is 7.20. The van der Waals surface area contributed by atoms with Gasteiger partial charge in [-0.25, -0.2) is 0 Å². The van der Waals surface area contributed by atoms with Gasteiger partial charge in [0.25, 0.3) is 0 Å². The van der Waals surface area contributed by atoms with E-state index in [1.807, 2.05) is 35.2 Å². The molecule has 0 N–H and O–H groups in total. The van der Waals surface area contributed by atoms with E-state index in [9.17, 15) is 4.79 Å². The van der Waals surface area contributed by atoms with Crippen molar-refractivity contribution in [2.45, 2.75) is 25.3 Å². The molecule has 27 heavy (non-hydrogen) atoms. The molecule has 1 amide bonds. The summed E-state index contributed by atoms with van der Waals surface area (Å²) >= 11 is 6.30. The molecular formula is C21H22ClNO4. The van der Waals surface area contributed by atoms with Crippen LogP contribution in [0.25, 0.3) is 0 Å². The number of carbonyl (C=O) groups is 1. The quantitative estimate of drug-likeness (QED) is 0.794. The second-order valence-electron chi connectivity index (χ2n) is 6.80. The molecule has 2 aliphatic heterocycles. The van der Waals surface area contributed by atoms with E-state index in [4.69, 9.17) is 25.8 Å². The Bertz CT molecular complexity index is 837. The first-order valence-corrected chi connectivity index (χ1v) is 9.55. The first kappa shape index (κ1) is 18.0. The number of nitrogens with zero attached hydrogens (tertiary/aromatic N) is 1. The third-order valence-electron chi connectivity index (χ3n) is 5.09. The summed E-state index contributed by atoms with van der Waals surface area (Å²) in [5.74, 6) is 2.10. The number of amides is 1. The van der Waals surface area contributed by atoms with E-state index in [1.54, 1.807) is 13.2 Å². The molecule has 1 saturated heterocycles. The molecular weight excluding hydrogens is 366 g/mol. The molecule has 5 nitrogen and oxygen atoms in total. The van der Waals surface area contributed by atoms with Crippen LogP contribution in [0.1, 0.15) is 30.0 Å². The number of carbonyl (C=O) groups excluding carboxylic acids is 1. The molecule has 2 aromatic carbocycles. The van der Waals surface area contributed by atoms with Crippen LogP contribution in [0.2, 0.25) is 5.02 Å². The molecule has 1 atom stereocenters. The lowest BCUT2D eigenvalue weighted by Gasteiger charge is -2.26. The molecule has 142 valence electrons. The summed E-state index contributed by atoms with van der Waals surface area (Å²) in [6.45, 7) is 1.75. The van der Waals surface area contributed by atoms with Crippen LogP contribution in [0.3, 0.4) is 0 Å². The maximum Gasteiger partial charge on any atom is 0.227 e. The molecule has 0 bridgehead atoms. The van der Waals surface area contributed by atoms with E-state index in [0.717, 1.165) is 36.3 Å². The standard InChI is InChI=1S/C21H22ClNO4/c1-25-16-6-4-15(5-7-16)18-3-2-8-23(18)20(24)13-14-11-17(22)21-19(12-14)26-9-10-27-21/h4-7,11-12,18H,2-3,8-10,13H2,1H3. The summed E-state index contributed by atoms with van der Waals surface area (Å²) in [6, 6.07) is 11.7. The van der Waals surface area contributed by atoms with Crippen molar-refractivity contribution in [3.05, 3.63) is 52.5 Å². The summed E-state index contributed by atoms with van der Waals surface area (Å²) < 4.78 is 16.4. The van der Waals surface area contributed by atoms with Gasteiger partial charge in [-0.1, -0.05) is 23.7 Å². The van der Waals surface area contributed by atoms with Crippen LogP contribution in [0.5, 0.6) is 17.2 Å².